The summed E-state index contributed by atoms with van der Waals surface area (Å²) in [5.74, 6) is -0.590. The number of carbonyl (C=O) groups excluding carboxylic acids is 1. The van der Waals surface area contributed by atoms with Gasteiger partial charge in [0.2, 0.25) is 5.91 Å². The van der Waals surface area contributed by atoms with E-state index in [9.17, 15) is 22.8 Å². The lowest BCUT2D eigenvalue weighted by atomic mass is 10.0. The number of aromatic nitrogens is 1. The summed E-state index contributed by atoms with van der Waals surface area (Å²) in [5.41, 5.74) is 5.16. The Morgan fingerprint density at radius 3 is 2.43 bits per heavy atom. The van der Waals surface area contributed by atoms with Crippen molar-refractivity contribution in [1.82, 2.24) is 10.3 Å². The molecule has 1 aromatic heterocycles. The third kappa shape index (κ3) is 4.19. The van der Waals surface area contributed by atoms with Gasteiger partial charge < -0.3 is 16.0 Å². The quantitative estimate of drug-likeness (QED) is 0.799. The molecule has 1 heterocycles. The number of H-pyrrole nitrogens is 1. The minimum absolute atomic E-state index is 0.0245. The van der Waals surface area contributed by atoms with Crippen molar-refractivity contribution in [2.24, 2.45) is 5.73 Å². The van der Waals surface area contributed by atoms with Crippen LogP contribution in [-0.2, 0) is 17.5 Å². The highest BCUT2D eigenvalue weighted by Crippen LogP contribution is 2.29. The van der Waals surface area contributed by atoms with Crippen molar-refractivity contribution in [2.45, 2.75) is 18.8 Å². The molecule has 0 spiro atoms. The lowest BCUT2D eigenvalue weighted by molar-refractivity contribution is -0.137. The molecule has 0 saturated heterocycles. The van der Waals surface area contributed by atoms with E-state index in [0.717, 1.165) is 24.3 Å². The number of hydrogen-bond donors (Lipinski definition) is 3. The number of rotatable bonds is 4. The second kappa shape index (κ2) is 6.66. The summed E-state index contributed by atoms with van der Waals surface area (Å²) >= 11 is 0. The van der Waals surface area contributed by atoms with Crippen LogP contribution in [0.5, 0.6) is 0 Å². The number of pyridine rings is 1. The molecule has 122 valence electrons. The third-order valence-corrected chi connectivity index (χ3v) is 3.23. The van der Waals surface area contributed by atoms with Crippen molar-refractivity contribution in [3.05, 3.63) is 69.6 Å². The SMILES string of the molecule is NC(C(=O)NCc1ccc[nH]c1=O)c1ccc(C(F)(F)F)cc1. The second-order valence-corrected chi connectivity index (χ2v) is 4.84. The molecule has 0 saturated carbocycles. The van der Waals surface area contributed by atoms with Crippen LogP contribution in [0, 0.1) is 0 Å². The van der Waals surface area contributed by atoms with E-state index in [1.807, 2.05) is 0 Å². The second-order valence-electron chi connectivity index (χ2n) is 4.84. The highest BCUT2D eigenvalue weighted by Gasteiger charge is 2.30. The summed E-state index contributed by atoms with van der Waals surface area (Å²) in [6.45, 7) is -0.0245. The maximum atomic E-state index is 12.5. The van der Waals surface area contributed by atoms with E-state index in [-0.39, 0.29) is 17.7 Å². The predicted molar refractivity (Wildman–Crippen MR) is 77.3 cm³/mol. The van der Waals surface area contributed by atoms with Gasteiger partial charge in [0.1, 0.15) is 6.04 Å². The van der Waals surface area contributed by atoms with E-state index in [2.05, 4.69) is 10.3 Å². The van der Waals surface area contributed by atoms with Crippen LogP contribution < -0.4 is 16.6 Å². The molecular weight excluding hydrogens is 311 g/mol. The van der Waals surface area contributed by atoms with Gasteiger partial charge in [0, 0.05) is 18.3 Å². The van der Waals surface area contributed by atoms with Gasteiger partial charge in [-0.1, -0.05) is 18.2 Å². The molecule has 5 nitrogen and oxygen atoms in total. The fourth-order valence-electron chi connectivity index (χ4n) is 1.92. The van der Waals surface area contributed by atoms with Gasteiger partial charge in [-0.25, -0.2) is 0 Å². The molecule has 2 rings (SSSR count). The van der Waals surface area contributed by atoms with Crippen LogP contribution in [0.4, 0.5) is 13.2 Å². The Morgan fingerprint density at radius 2 is 1.87 bits per heavy atom. The van der Waals surface area contributed by atoms with Gasteiger partial charge in [-0.3, -0.25) is 9.59 Å². The van der Waals surface area contributed by atoms with Crippen LogP contribution in [0.15, 0.2) is 47.4 Å². The number of hydrogen-bond acceptors (Lipinski definition) is 3. The Hall–Kier alpha value is -2.61. The number of benzene rings is 1. The summed E-state index contributed by atoms with van der Waals surface area (Å²) in [6.07, 6.45) is -2.99. The first kappa shape index (κ1) is 16.8. The average molecular weight is 325 g/mol. The lowest BCUT2D eigenvalue weighted by Gasteiger charge is -2.13. The minimum Gasteiger partial charge on any atom is -0.350 e. The van der Waals surface area contributed by atoms with E-state index in [0.29, 0.717) is 5.56 Å². The lowest BCUT2D eigenvalue weighted by Crippen LogP contribution is -2.35. The molecular formula is C15H14F3N3O2. The topological polar surface area (TPSA) is 88.0 Å². The third-order valence-electron chi connectivity index (χ3n) is 3.23. The number of halogens is 3. The highest BCUT2D eigenvalue weighted by molar-refractivity contribution is 5.82. The summed E-state index contributed by atoms with van der Waals surface area (Å²) in [6, 6.07) is 6.07. The van der Waals surface area contributed by atoms with Crippen molar-refractivity contribution < 1.29 is 18.0 Å². The summed E-state index contributed by atoms with van der Waals surface area (Å²) in [5, 5.41) is 2.48. The molecule has 0 radical (unpaired) electrons. The van der Waals surface area contributed by atoms with Gasteiger partial charge in [-0.2, -0.15) is 13.2 Å². The van der Waals surface area contributed by atoms with Crippen molar-refractivity contribution in [1.29, 1.82) is 0 Å². The van der Waals surface area contributed by atoms with Crippen LogP contribution in [0.3, 0.4) is 0 Å². The van der Waals surface area contributed by atoms with Crippen LogP contribution in [0.2, 0.25) is 0 Å². The Kier molecular flexibility index (Phi) is 4.85. The first-order valence-electron chi connectivity index (χ1n) is 6.66. The normalized spacial score (nSPS) is 12.7. The van der Waals surface area contributed by atoms with Crippen molar-refractivity contribution >= 4 is 5.91 Å². The molecule has 0 fully saturated rings. The highest BCUT2D eigenvalue weighted by atomic mass is 19.4. The molecule has 8 heteroatoms. The van der Waals surface area contributed by atoms with E-state index in [4.69, 9.17) is 5.73 Å². The fourth-order valence-corrected chi connectivity index (χ4v) is 1.92. The van der Waals surface area contributed by atoms with Crippen LogP contribution in [0.25, 0.3) is 0 Å². The zero-order valence-electron chi connectivity index (χ0n) is 11.9. The molecule has 1 aromatic carbocycles. The zero-order valence-corrected chi connectivity index (χ0v) is 11.9. The molecule has 0 bridgehead atoms. The standard InChI is InChI=1S/C15H14F3N3O2/c16-15(17,18)11-5-3-9(4-6-11)12(19)14(23)21-8-10-2-1-7-20-13(10)22/h1-7,12H,8,19H2,(H,20,22)(H,21,23). The maximum Gasteiger partial charge on any atom is 0.416 e. The summed E-state index contributed by atoms with van der Waals surface area (Å²) in [4.78, 5) is 25.9. The smallest absolute Gasteiger partial charge is 0.350 e. The Balaban J connectivity index is 2.02. The fraction of sp³-hybridized carbons (Fsp3) is 0.200. The monoisotopic (exact) mass is 325 g/mol. The van der Waals surface area contributed by atoms with E-state index in [1.54, 1.807) is 12.1 Å². The number of nitrogens with one attached hydrogen (secondary N) is 2. The number of nitrogens with two attached hydrogens (primary N) is 1. The summed E-state index contributed by atoms with van der Waals surface area (Å²) < 4.78 is 37.4. The number of aromatic amines is 1. The number of amides is 1. The molecule has 0 aliphatic rings. The van der Waals surface area contributed by atoms with E-state index in [1.165, 1.54) is 6.20 Å². The van der Waals surface area contributed by atoms with Crippen molar-refractivity contribution in [3.8, 4) is 0 Å². The van der Waals surface area contributed by atoms with E-state index >= 15 is 0 Å². The summed E-state index contributed by atoms with van der Waals surface area (Å²) in [7, 11) is 0. The largest absolute Gasteiger partial charge is 0.416 e. The average Bonchev–Trinajstić information content (AvgIpc) is 2.52. The molecule has 4 N–H and O–H groups in total. The van der Waals surface area contributed by atoms with Crippen molar-refractivity contribution in [2.75, 3.05) is 0 Å². The van der Waals surface area contributed by atoms with Gasteiger partial charge in [0.15, 0.2) is 0 Å². The number of alkyl halides is 3. The molecule has 1 unspecified atom stereocenters. The molecule has 0 aliphatic heterocycles. The van der Waals surface area contributed by atoms with Crippen molar-refractivity contribution in [3.63, 3.8) is 0 Å². The number of carbonyl (C=O) groups is 1. The molecule has 23 heavy (non-hydrogen) atoms. The first-order valence-corrected chi connectivity index (χ1v) is 6.66. The first-order chi connectivity index (χ1) is 10.8. The Labute approximate surface area is 129 Å². The predicted octanol–water partition coefficient (Wildman–Crippen LogP) is 1.71. The Bertz CT molecular complexity index is 739. The minimum atomic E-state index is -4.45. The molecule has 2 aromatic rings. The maximum absolute atomic E-state index is 12.5. The molecule has 1 atom stereocenters. The van der Waals surface area contributed by atoms with Crippen LogP contribution in [0.1, 0.15) is 22.7 Å². The van der Waals surface area contributed by atoms with E-state index < -0.39 is 23.7 Å². The van der Waals surface area contributed by atoms with Gasteiger partial charge in [0.25, 0.3) is 5.56 Å². The zero-order chi connectivity index (χ0) is 17.0. The van der Waals surface area contributed by atoms with Crippen LogP contribution in [-0.4, -0.2) is 10.9 Å². The van der Waals surface area contributed by atoms with Gasteiger partial charge in [-0.15, -0.1) is 0 Å². The van der Waals surface area contributed by atoms with Gasteiger partial charge >= 0.3 is 6.18 Å². The molecule has 1 amide bonds. The van der Waals surface area contributed by atoms with Crippen LogP contribution >= 0.6 is 0 Å². The van der Waals surface area contributed by atoms with Gasteiger partial charge in [0.05, 0.1) is 5.56 Å². The Morgan fingerprint density at radius 1 is 1.22 bits per heavy atom. The van der Waals surface area contributed by atoms with Gasteiger partial charge in [-0.05, 0) is 23.8 Å². The molecule has 0 aliphatic carbocycles.